The lowest BCUT2D eigenvalue weighted by molar-refractivity contribution is -0.385. The van der Waals surface area contributed by atoms with Crippen molar-refractivity contribution in [1.82, 2.24) is 10.3 Å². The predicted molar refractivity (Wildman–Crippen MR) is 70.0 cm³/mol. The van der Waals surface area contributed by atoms with Gasteiger partial charge in [-0.25, -0.2) is 4.98 Å². The molecular weight excluding hydrogens is 256 g/mol. The molecular formula is C11H15ClN4O2. The van der Waals surface area contributed by atoms with E-state index in [9.17, 15) is 10.1 Å². The third kappa shape index (κ3) is 3.30. The quantitative estimate of drug-likeness (QED) is 0.647. The van der Waals surface area contributed by atoms with Crippen LogP contribution in [0.2, 0.25) is 5.02 Å². The van der Waals surface area contributed by atoms with Crippen LogP contribution < -0.4 is 10.6 Å². The van der Waals surface area contributed by atoms with Gasteiger partial charge < -0.3 is 10.6 Å². The largest absolute Gasteiger partial charge is 0.369 e. The smallest absolute Gasteiger partial charge is 0.289 e. The number of halogens is 1. The van der Waals surface area contributed by atoms with Crippen molar-refractivity contribution in [1.29, 1.82) is 0 Å². The molecule has 1 saturated heterocycles. The van der Waals surface area contributed by atoms with Crippen LogP contribution in [-0.2, 0) is 0 Å². The van der Waals surface area contributed by atoms with Gasteiger partial charge in [0.25, 0.3) is 5.69 Å². The zero-order chi connectivity index (χ0) is 13.0. The molecule has 2 heterocycles. The zero-order valence-electron chi connectivity index (χ0n) is 9.86. The van der Waals surface area contributed by atoms with Gasteiger partial charge in [-0.2, -0.15) is 0 Å². The Kier molecular flexibility index (Phi) is 4.33. The molecule has 0 unspecified atom stereocenters. The number of piperidine rings is 1. The second kappa shape index (κ2) is 5.97. The van der Waals surface area contributed by atoms with Crippen molar-refractivity contribution in [3.05, 3.63) is 27.4 Å². The fourth-order valence-corrected chi connectivity index (χ4v) is 2.21. The highest BCUT2D eigenvalue weighted by Crippen LogP contribution is 2.24. The summed E-state index contributed by atoms with van der Waals surface area (Å²) >= 11 is 5.95. The summed E-state index contributed by atoms with van der Waals surface area (Å²) in [6, 6.07) is 1.32. The maximum absolute atomic E-state index is 10.5. The van der Waals surface area contributed by atoms with Crippen LogP contribution in [0, 0.1) is 16.0 Å². The molecule has 18 heavy (non-hydrogen) atoms. The summed E-state index contributed by atoms with van der Waals surface area (Å²) in [5.74, 6) is 1.11. The van der Waals surface area contributed by atoms with E-state index in [0.717, 1.165) is 32.5 Å². The molecule has 0 saturated carbocycles. The Morgan fingerprint density at radius 1 is 1.56 bits per heavy atom. The lowest BCUT2D eigenvalue weighted by Gasteiger charge is -2.23. The van der Waals surface area contributed by atoms with Crippen molar-refractivity contribution in [2.75, 3.05) is 25.0 Å². The number of rotatable bonds is 4. The van der Waals surface area contributed by atoms with Crippen molar-refractivity contribution < 1.29 is 4.92 Å². The average molecular weight is 271 g/mol. The molecule has 2 N–H and O–H groups in total. The Hall–Kier alpha value is -1.40. The van der Waals surface area contributed by atoms with Crippen molar-refractivity contribution in [2.45, 2.75) is 12.8 Å². The standard InChI is InChI=1S/C11H15ClN4O2/c12-10-5-9(16(17)18)7-15-11(10)14-6-8-1-3-13-4-2-8/h5,7-8,13H,1-4,6H2,(H,14,15). The van der Waals surface area contributed by atoms with Gasteiger partial charge in [0.1, 0.15) is 12.0 Å². The monoisotopic (exact) mass is 270 g/mol. The molecule has 1 fully saturated rings. The molecule has 0 bridgehead atoms. The minimum Gasteiger partial charge on any atom is -0.369 e. The number of hydrogen-bond acceptors (Lipinski definition) is 5. The van der Waals surface area contributed by atoms with Gasteiger partial charge in [-0.1, -0.05) is 11.6 Å². The fraction of sp³-hybridized carbons (Fsp3) is 0.545. The number of anilines is 1. The first kappa shape index (κ1) is 13.0. The minimum atomic E-state index is -0.504. The van der Waals surface area contributed by atoms with E-state index in [1.54, 1.807) is 0 Å². The zero-order valence-corrected chi connectivity index (χ0v) is 10.6. The maximum Gasteiger partial charge on any atom is 0.289 e. The van der Waals surface area contributed by atoms with Crippen LogP contribution in [-0.4, -0.2) is 29.5 Å². The highest BCUT2D eigenvalue weighted by Gasteiger charge is 2.15. The van der Waals surface area contributed by atoms with Crippen LogP contribution in [0.5, 0.6) is 0 Å². The fourth-order valence-electron chi connectivity index (χ4n) is 1.98. The number of nitro groups is 1. The summed E-state index contributed by atoms with van der Waals surface area (Å²) in [6.07, 6.45) is 3.46. The van der Waals surface area contributed by atoms with Gasteiger partial charge in [0.2, 0.25) is 0 Å². The molecule has 0 radical (unpaired) electrons. The molecule has 98 valence electrons. The van der Waals surface area contributed by atoms with E-state index >= 15 is 0 Å². The average Bonchev–Trinajstić information content (AvgIpc) is 2.38. The predicted octanol–water partition coefficient (Wildman–Crippen LogP) is 2.05. The summed E-state index contributed by atoms with van der Waals surface area (Å²) in [4.78, 5) is 14.0. The molecule has 0 aliphatic carbocycles. The summed E-state index contributed by atoms with van der Waals surface area (Å²) in [7, 11) is 0. The van der Waals surface area contributed by atoms with E-state index in [0.29, 0.717) is 11.7 Å². The van der Waals surface area contributed by atoms with Gasteiger partial charge in [0.05, 0.1) is 9.95 Å². The van der Waals surface area contributed by atoms with Crippen molar-refractivity contribution >= 4 is 23.1 Å². The van der Waals surface area contributed by atoms with Crippen LogP contribution >= 0.6 is 11.6 Å². The Labute approximate surface area is 110 Å². The van der Waals surface area contributed by atoms with E-state index < -0.39 is 4.92 Å². The molecule has 1 aromatic rings. The van der Waals surface area contributed by atoms with Crippen LogP contribution in [0.3, 0.4) is 0 Å². The molecule has 1 aromatic heterocycles. The van der Waals surface area contributed by atoms with Gasteiger partial charge in [-0.05, 0) is 31.8 Å². The van der Waals surface area contributed by atoms with Gasteiger partial charge >= 0.3 is 0 Å². The summed E-state index contributed by atoms with van der Waals surface area (Å²) < 4.78 is 0. The second-order valence-corrected chi connectivity index (χ2v) is 4.76. The van der Waals surface area contributed by atoms with Crippen molar-refractivity contribution in [3.8, 4) is 0 Å². The van der Waals surface area contributed by atoms with Gasteiger partial charge in [-0.15, -0.1) is 0 Å². The first-order valence-corrected chi connectivity index (χ1v) is 6.29. The van der Waals surface area contributed by atoms with E-state index in [1.807, 2.05) is 0 Å². The SMILES string of the molecule is O=[N+]([O-])c1cnc(NCC2CCNCC2)c(Cl)c1. The molecule has 6 nitrogen and oxygen atoms in total. The first-order valence-electron chi connectivity index (χ1n) is 5.91. The van der Waals surface area contributed by atoms with Gasteiger partial charge in [0.15, 0.2) is 0 Å². The molecule has 0 aromatic carbocycles. The van der Waals surface area contributed by atoms with Crippen molar-refractivity contribution in [2.24, 2.45) is 5.92 Å². The molecule has 7 heteroatoms. The topological polar surface area (TPSA) is 80.1 Å². The summed E-state index contributed by atoms with van der Waals surface area (Å²) in [6.45, 7) is 2.87. The highest BCUT2D eigenvalue weighted by atomic mass is 35.5. The van der Waals surface area contributed by atoms with E-state index in [-0.39, 0.29) is 10.7 Å². The van der Waals surface area contributed by atoms with Crippen LogP contribution in [0.15, 0.2) is 12.3 Å². The van der Waals surface area contributed by atoms with Gasteiger partial charge in [-0.3, -0.25) is 10.1 Å². The molecule has 1 aliphatic rings. The Balaban J connectivity index is 1.94. The number of aromatic nitrogens is 1. The Bertz CT molecular complexity index is 435. The van der Waals surface area contributed by atoms with Crippen LogP contribution in [0.1, 0.15) is 12.8 Å². The van der Waals surface area contributed by atoms with Crippen molar-refractivity contribution in [3.63, 3.8) is 0 Å². The lowest BCUT2D eigenvalue weighted by Crippen LogP contribution is -2.31. The molecule has 2 rings (SSSR count). The number of nitrogens with zero attached hydrogens (tertiary/aromatic N) is 2. The molecule has 0 spiro atoms. The normalized spacial score (nSPS) is 16.5. The number of pyridine rings is 1. The third-order valence-electron chi connectivity index (χ3n) is 3.05. The number of hydrogen-bond donors (Lipinski definition) is 2. The maximum atomic E-state index is 10.5. The third-order valence-corrected chi connectivity index (χ3v) is 3.34. The summed E-state index contributed by atoms with van der Waals surface area (Å²) in [5, 5.41) is 17.3. The Morgan fingerprint density at radius 3 is 2.89 bits per heavy atom. The van der Waals surface area contributed by atoms with Gasteiger partial charge in [0, 0.05) is 12.6 Å². The van der Waals surface area contributed by atoms with E-state index in [4.69, 9.17) is 11.6 Å². The van der Waals surface area contributed by atoms with Crippen LogP contribution in [0.4, 0.5) is 11.5 Å². The number of nitrogens with one attached hydrogen (secondary N) is 2. The van der Waals surface area contributed by atoms with Crippen LogP contribution in [0.25, 0.3) is 0 Å². The highest BCUT2D eigenvalue weighted by molar-refractivity contribution is 6.33. The first-order chi connectivity index (χ1) is 8.66. The Morgan fingerprint density at radius 2 is 2.28 bits per heavy atom. The van der Waals surface area contributed by atoms with E-state index in [1.165, 1.54) is 12.3 Å². The summed E-state index contributed by atoms with van der Waals surface area (Å²) in [5.41, 5.74) is -0.0904. The molecule has 1 aliphatic heterocycles. The molecule has 0 atom stereocenters. The second-order valence-electron chi connectivity index (χ2n) is 4.36. The molecule has 0 amide bonds. The van der Waals surface area contributed by atoms with E-state index in [2.05, 4.69) is 15.6 Å². The minimum absolute atomic E-state index is 0.0904. The lowest BCUT2D eigenvalue weighted by atomic mass is 9.98.